The maximum absolute atomic E-state index is 13.5. The van der Waals surface area contributed by atoms with Gasteiger partial charge in [-0.05, 0) is 67.6 Å². The molecule has 0 atom stereocenters. The highest BCUT2D eigenvalue weighted by molar-refractivity contribution is 7.17. The number of aliphatic imine (C=N–C) groups is 1. The number of nitrogens with zero attached hydrogens (tertiary/aromatic N) is 2. The van der Waals surface area contributed by atoms with E-state index in [4.69, 9.17) is 23.9 Å². The van der Waals surface area contributed by atoms with Crippen LogP contribution in [0.25, 0.3) is 0 Å². The average molecular weight is 535 g/mol. The molecule has 5 rings (SSSR count). The molecule has 2 heterocycles. The lowest BCUT2D eigenvalue weighted by molar-refractivity contribution is -0.117. The molecule has 198 valence electrons. The minimum Gasteiger partial charge on any atom is -0.497 e. The average Bonchev–Trinajstić information content (AvgIpc) is 3.28. The molecule has 0 unspecified atom stereocenters. The molecule has 1 aliphatic heterocycles. The third-order valence-electron chi connectivity index (χ3n) is 6.96. The Balaban J connectivity index is 1.61. The Morgan fingerprint density at radius 3 is 2.26 bits per heavy atom. The van der Waals surface area contributed by atoms with Gasteiger partial charge in [-0.1, -0.05) is 0 Å². The molecule has 0 saturated heterocycles. The van der Waals surface area contributed by atoms with Crippen LogP contribution in [-0.4, -0.2) is 58.9 Å². The number of carbonyl (C=O) groups excluding carboxylic acids is 2. The quantitative estimate of drug-likeness (QED) is 0.389. The van der Waals surface area contributed by atoms with E-state index in [0.717, 1.165) is 41.8 Å². The lowest BCUT2D eigenvalue weighted by Crippen LogP contribution is -2.36. The molecule has 0 fully saturated rings. The van der Waals surface area contributed by atoms with E-state index in [0.29, 0.717) is 34.3 Å². The maximum atomic E-state index is 13.5. The molecular formula is C29H30N2O6S. The molecule has 2 aliphatic rings. The minimum absolute atomic E-state index is 0.0599. The van der Waals surface area contributed by atoms with E-state index >= 15 is 0 Å². The standard InChI is InChI=1S/C29H30N2O6S/c1-34-19-11-9-17(10-12-19)21(32)16-31-25(33)15-30-27(26-20-7-5-6-8-24(20)38-29(26)31)18-13-22(35-2)28(37-4)23(14-18)36-3/h9-14H,5-8,15-16H2,1-4H3. The third kappa shape index (κ3) is 4.62. The molecule has 1 aliphatic carbocycles. The van der Waals surface area contributed by atoms with E-state index in [2.05, 4.69) is 0 Å². The Morgan fingerprint density at radius 1 is 0.947 bits per heavy atom. The Labute approximate surface area is 225 Å². The number of aryl methyl sites for hydroxylation is 1. The van der Waals surface area contributed by atoms with Crippen LogP contribution >= 0.6 is 11.3 Å². The van der Waals surface area contributed by atoms with Gasteiger partial charge in [0.05, 0.1) is 40.7 Å². The summed E-state index contributed by atoms with van der Waals surface area (Å²) in [4.78, 5) is 34.4. The number of methoxy groups -OCH3 is 4. The predicted octanol–water partition coefficient (Wildman–Crippen LogP) is 4.73. The molecule has 3 aromatic rings. The van der Waals surface area contributed by atoms with Crippen molar-refractivity contribution < 1.29 is 28.5 Å². The lowest BCUT2D eigenvalue weighted by atomic mass is 9.91. The smallest absolute Gasteiger partial charge is 0.249 e. The Hall–Kier alpha value is -3.85. The van der Waals surface area contributed by atoms with E-state index in [-0.39, 0.29) is 24.8 Å². The fourth-order valence-corrected chi connectivity index (χ4v) is 6.44. The van der Waals surface area contributed by atoms with E-state index in [9.17, 15) is 9.59 Å². The molecule has 8 nitrogen and oxygen atoms in total. The van der Waals surface area contributed by atoms with Gasteiger partial charge in [0.1, 0.15) is 17.3 Å². The second kappa shape index (κ2) is 10.9. The number of ether oxygens (including phenoxy) is 4. The zero-order chi connectivity index (χ0) is 26.8. The van der Waals surface area contributed by atoms with Crippen molar-refractivity contribution >= 4 is 33.7 Å². The van der Waals surface area contributed by atoms with E-state index < -0.39 is 0 Å². The lowest BCUT2D eigenvalue weighted by Gasteiger charge is -2.20. The second-order valence-electron chi connectivity index (χ2n) is 9.10. The summed E-state index contributed by atoms with van der Waals surface area (Å²) in [7, 11) is 6.29. The van der Waals surface area contributed by atoms with Crippen LogP contribution in [0.5, 0.6) is 23.0 Å². The summed E-state index contributed by atoms with van der Waals surface area (Å²) in [5.41, 5.74) is 4.12. The van der Waals surface area contributed by atoms with Crippen LogP contribution in [-0.2, 0) is 17.6 Å². The van der Waals surface area contributed by atoms with Crippen molar-refractivity contribution in [1.82, 2.24) is 0 Å². The number of hydrogen-bond acceptors (Lipinski definition) is 8. The molecule has 2 aromatic carbocycles. The first-order valence-electron chi connectivity index (χ1n) is 12.5. The molecular weight excluding hydrogens is 504 g/mol. The Kier molecular flexibility index (Phi) is 7.37. The fourth-order valence-electron chi connectivity index (χ4n) is 5.04. The monoisotopic (exact) mass is 534 g/mol. The van der Waals surface area contributed by atoms with E-state index in [1.54, 1.807) is 68.9 Å². The molecule has 0 bridgehead atoms. The van der Waals surface area contributed by atoms with Gasteiger partial charge in [0.25, 0.3) is 0 Å². The predicted molar refractivity (Wildman–Crippen MR) is 147 cm³/mol. The van der Waals surface area contributed by atoms with Crippen LogP contribution in [0.15, 0.2) is 41.4 Å². The highest BCUT2D eigenvalue weighted by Gasteiger charge is 2.34. The summed E-state index contributed by atoms with van der Waals surface area (Å²) in [6, 6.07) is 10.7. The van der Waals surface area contributed by atoms with Gasteiger partial charge in [0, 0.05) is 21.6 Å². The topological polar surface area (TPSA) is 86.7 Å². The van der Waals surface area contributed by atoms with Crippen LogP contribution < -0.4 is 23.8 Å². The highest BCUT2D eigenvalue weighted by Crippen LogP contribution is 2.45. The minimum atomic E-state index is -0.214. The number of rotatable bonds is 8. The second-order valence-corrected chi connectivity index (χ2v) is 10.2. The largest absolute Gasteiger partial charge is 0.497 e. The zero-order valence-corrected chi connectivity index (χ0v) is 22.8. The molecule has 1 amide bonds. The van der Waals surface area contributed by atoms with Crippen LogP contribution in [0.2, 0.25) is 0 Å². The summed E-state index contributed by atoms with van der Waals surface area (Å²) in [6.07, 6.45) is 4.02. The van der Waals surface area contributed by atoms with Gasteiger partial charge in [0.15, 0.2) is 17.3 Å². The van der Waals surface area contributed by atoms with Gasteiger partial charge < -0.3 is 18.9 Å². The van der Waals surface area contributed by atoms with Gasteiger partial charge in [0.2, 0.25) is 11.7 Å². The van der Waals surface area contributed by atoms with Gasteiger partial charge in [-0.15, -0.1) is 11.3 Å². The molecule has 0 spiro atoms. The number of fused-ring (bicyclic) bond motifs is 3. The van der Waals surface area contributed by atoms with Crippen molar-refractivity contribution in [3.05, 3.63) is 63.5 Å². The number of hydrogen-bond donors (Lipinski definition) is 0. The number of anilines is 1. The molecule has 38 heavy (non-hydrogen) atoms. The summed E-state index contributed by atoms with van der Waals surface area (Å²) in [5, 5.41) is 0.772. The molecule has 0 radical (unpaired) electrons. The van der Waals surface area contributed by atoms with Gasteiger partial charge in [-0.2, -0.15) is 0 Å². The zero-order valence-electron chi connectivity index (χ0n) is 22.0. The highest BCUT2D eigenvalue weighted by atomic mass is 32.1. The number of benzene rings is 2. The summed E-state index contributed by atoms with van der Waals surface area (Å²) < 4.78 is 21.9. The summed E-state index contributed by atoms with van der Waals surface area (Å²) in [6.45, 7) is -0.131. The van der Waals surface area contributed by atoms with Crippen molar-refractivity contribution in [2.24, 2.45) is 4.99 Å². The van der Waals surface area contributed by atoms with Crippen LogP contribution in [0, 0.1) is 0 Å². The molecule has 0 N–H and O–H groups in total. The first-order chi connectivity index (χ1) is 18.5. The fraction of sp³-hybridized carbons (Fsp3) is 0.345. The van der Waals surface area contributed by atoms with Crippen molar-refractivity contribution in [2.45, 2.75) is 25.7 Å². The van der Waals surface area contributed by atoms with Crippen molar-refractivity contribution in [3.8, 4) is 23.0 Å². The van der Waals surface area contributed by atoms with Crippen LogP contribution in [0.1, 0.15) is 44.8 Å². The van der Waals surface area contributed by atoms with E-state index in [1.165, 1.54) is 10.4 Å². The summed E-state index contributed by atoms with van der Waals surface area (Å²) in [5.74, 6) is 1.82. The maximum Gasteiger partial charge on any atom is 0.249 e. The Morgan fingerprint density at radius 2 is 1.63 bits per heavy atom. The normalized spacial score (nSPS) is 14.7. The molecule has 0 saturated carbocycles. The number of Topliss-reactive ketones (excluding diaryl/α,β-unsaturated/α-hetero) is 1. The first kappa shape index (κ1) is 25.8. The van der Waals surface area contributed by atoms with E-state index in [1.807, 2.05) is 12.1 Å². The first-order valence-corrected chi connectivity index (χ1v) is 13.3. The Bertz CT molecular complexity index is 1380. The summed E-state index contributed by atoms with van der Waals surface area (Å²) >= 11 is 1.60. The number of ketones is 1. The van der Waals surface area contributed by atoms with Gasteiger partial charge in [-0.25, -0.2) is 0 Å². The van der Waals surface area contributed by atoms with Crippen molar-refractivity contribution in [3.63, 3.8) is 0 Å². The van der Waals surface area contributed by atoms with Crippen LogP contribution in [0.4, 0.5) is 5.00 Å². The van der Waals surface area contributed by atoms with Gasteiger partial charge >= 0.3 is 0 Å². The number of thiophene rings is 1. The number of carbonyl (C=O) groups is 2. The van der Waals surface area contributed by atoms with Crippen molar-refractivity contribution in [1.29, 1.82) is 0 Å². The third-order valence-corrected chi connectivity index (χ3v) is 8.27. The van der Waals surface area contributed by atoms with Crippen molar-refractivity contribution in [2.75, 3.05) is 46.4 Å². The van der Waals surface area contributed by atoms with Crippen LogP contribution in [0.3, 0.4) is 0 Å². The molecule has 9 heteroatoms. The van der Waals surface area contributed by atoms with Gasteiger partial charge in [-0.3, -0.25) is 19.5 Å². The SMILES string of the molecule is COc1ccc(C(=O)CN2C(=O)CN=C(c3cc(OC)c(OC)c(OC)c3)c3c2sc2c3CCCC2)cc1. The number of amides is 1. The molecule has 1 aromatic heterocycles.